The number of nitrogens with one attached hydrogen (secondary N) is 3. The van der Waals surface area contributed by atoms with E-state index in [2.05, 4.69) is 25.3 Å². The Bertz CT molecular complexity index is 1350. The molecule has 3 rings (SSSR count). The van der Waals surface area contributed by atoms with Crippen LogP contribution in [0.15, 0.2) is 48.9 Å². The Morgan fingerprint density at radius 1 is 1.09 bits per heavy atom. The van der Waals surface area contributed by atoms with E-state index in [-0.39, 0.29) is 39.4 Å². The van der Waals surface area contributed by atoms with Crippen molar-refractivity contribution in [2.75, 3.05) is 17.7 Å². The quantitative estimate of drug-likeness (QED) is 0.321. The smallest absolute Gasteiger partial charge is 0.411 e. The Morgan fingerprint density at radius 2 is 1.85 bits per heavy atom. The summed E-state index contributed by atoms with van der Waals surface area (Å²) in [6, 6.07) is 8.50. The topological polar surface area (TPSA) is 178 Å². The summed E-state index contributed by atoms with van der Waals surface area (Å²) in [6.45, 7) is 1.28. The summed E-state index contributed by atoms with van der Waals surface area (Å²) < 4.78 is 4.59. The normalized spacial score (nSPS) is 10.0. The Balaban J connectivity index is 2.00. The fourth-order valence-electron chi connectivity index (χ4n) is 3.02. The highest BCUT2D eigenvalue weighted by Crippen LogP contribution is 2.33. The number of aromatic nitrogens is 2. The fraction of sp³-hybridized carbons (Fsp3) is 0.0870. The van der Waals surface area contributed by atoms with Gasteiger partial charge in [0, 0.05) is 35.2 Å². The van der Waals surface area contributed by atoms with Gasteiger partial charge in [-0.3, -0.25) is 30.3 Å². The van der Waals surface area contributed by atoms with Crippen LogP contribution in [0, 0.1) is 16.7 Å². The number of anilines is 2. The van der Waals surface area contributed by atoms with Gasteiger partial charge in [-0.25, -0.2) is 4.79 Å². The van der Waals surface area contributed by atoms with Crippen LogP contribution in [0.25, 0.3) is 11.3 Å². The number of Topliss-reactive ketones (excluding diaryl/α,β-unsaturated/α-hetero) is 1. The predicted molar refractivity (Wildman–Crippen MR) is 122 cm³/mol. The van der Waals surface area contributed by atoms with Gasteiger partial charge in [-0.1, -0.05) is 0 Å². The number of methoxy groups -OCH3 is 1. The minimum absolute atomic E-state index is 0.0993. The molecule has 2 aromatic carbocycles. The molecule has 2 amide bonds. The second kappa shape index (κ2) is 10.0. The minimum Gasteiger partial charge on any atom is -0.507 e. The number of amides is 2. The van der Waals surface area contributed by atoms with Gasteiger partial charge in [0.15, 0.2) is 5.78 Å². The molecule has 11 nitrogen and oxygen atoms in total. The molecule has 0 radical (unpaired) electrons. The number of phenolic OH excluding ortho intramolecular Hbond substituents is 1. The van der Waals surface area contributed by atoms with Gasteiger partial charge in [0.1, 0.15) is 11.5 Å². The number of aromatic hydroxyl groups is 1. The highest BCUT2D eigenvalue weighted by Gasteiger charge is 2.22. The molecule has 170 valence electrons. The van der Waals surface area contributed by atoms with Crippen LogP contribution in [0.5, 0.6) is 5.75 Å². The summed E-state index contributed by atoms with van der Waals surface area (Å²) in [4.78, 5) is 44.6. The van der Waals surface area contributed by atoms with Crippen molar-refractivity contribution < 1.29 is 24.2 Å². The second-order valence-corrected chi connectivity index (χ2v) is 6.88. The van der Waals surface area contributed by atoms with Crippen molar-refractivity contribution in [2.45, 2.75) is 6.92 Å². The molecule has 0 spiro atoms. The number of hydrogen-bond donors (Lipinski definition) is 4. The van der Waals surface area contributed by atoms with Gasteiger partial charge in [-0.2, -0.15) is 5.26 Å². The second-order valence-electron chi connectivity index (χ2n) is 6.88. The molecule has 4 N–H and O–H groups in total. The molecule has 0 atom stereocenters. The molecule has 0 aliphatic rings. The van der Waals surface area contributed by atoms with Gasteiger partial charge >= 0.3 is 6.09 Å². The summed E-state index contributed by atoms with van der Waals surface area (Å²) in [5.74, 6) is -1.77. The standard InChI is InChI=1S/C23H18N6O5/c1-12(30)14-7-13(10-24)3-4-17(14)28-22(32)21(25)16-8-15(19-11-26-5-6-27-19)18(9-20(16)31)29-23(33)34-2/h3-9,11,25,31H,1-2H3,(H,28,32)(H,29,33). The van der Waals surface area contributed by atoms with Crippen LogP contribution in [0.4, 0.5) is 16.2 Å². The van der Waals surface area contributed by atoms with Crippen LogP contribution in [0.1, 0.15) is 28.4 Å². The molecule has 0 saturated heterocycles. The van der Waals surface area contributed by atoms with Crippen molar-refractivity contribution >= 4 is 34.9 Å². The molecule has 1 heterocycles. The average Bonchev–Trinajstić information content (AvgIpc) is 2.84. The van der Waals surface area contributed by atoms with Gasteiger partial charge in [0.05, 0.1) is 42.0 Å². The minimum atomic E-state index is -0.915. The number of ketones is 1. The highest BCUT2D eigenvalue weighted by molar-refractivity contribution is 6.48. The lowest BCUT2D eigenvalue weighted by atomic mass is 10.0. The molecule has 0 saturated carbocycles. The van der Waals surface area contributed by atoms with E-state index in [1.807, 2.05) is 6.07 Å². The zero-order valence-electron chi connectivity index (χ0n) is 18.0. The number of carbonyl (C=O) groups is 3. The Hall–Kier alpha value is -5.11. The van der Waals surface area contributed by atoms with E-state index in [4.69, 9.17) is 10.7 Å². The molecule has 0 bridgehead atoms. The van der Waals surface area contributed by atoms with Gasteiger partial charge in [0.2, 0.25) is 0 Å². The van der Waals surface area contributed by atoms with Crippen molar-refractivity contribution in [3.63, 3.8) is 0 Å². The van der Waals surface area contributed by atoms with Crippen molar-refractivity contribution in [3.05, 3.63) is 65.6 Å². The van der Waals surface area contributed by atoms with E-state index in [1.165, 1.54) is 56.9 Å². The maximum Gasteiger partial charge on any atom is 0.411 e. The van der Waals surface area contributed by atoms with Crippen LogP contribution < -0.4 is 10.6 Å². The molecular weight excluding hydrogens is 440 g/mol. The van der Waals surface area contributed by atoms with E-state index >= 15 is 0 Å². The number of hydrogen-bond acceptors (Lipinski definition) is 9. The first-order valence-corrected chi connectivity index (χ1v) is 9.68. The number of phenols is 1. The van der Waals surface area contributed by atoms with Gasteiger partial charge < -0.3 is 15.2 Å². The monoisotopic (exact) mass is 458 g/mol. The van der Waals surface area contributed by atoms with E-state index in [1.54, 1.807) is 0 Å². The van der Waals surface area contributed by atoms with E-state index in [9.17, 15) is 19.5 Å². The SMILES string of the molecule is COC(=O)Nc1cc(O)c(C(=N)C(=O)Nc2ccc(C#N)cc2C(C)=O)cc1-c1cnccn1. The molecule has 0 fully saturated rings. The van der Waals surface area contributed by atoms with Crippen LogP contribution in [0.2, 0.25) is 0 Å². The number of benzene rings is 2. The van der Waals surface area contributed by atoms with Gasteiger partial charge in [-0.05, 0) is 31.2 Å². The number of nitriles is 1. The third-order valence-corrected chi connectivity index (χ3v) is 4.67. The third kappa shape index (κ3) is 5.03. The maximum atomic E-state index is 12.8. The van der Waals surface area contributed by atoms with E-state index in [0.29, 0.717) is 5.69 Å². The summed E-state index contributed by atoms with van der Waals surface area (Å²) in [5, 5.41) is 32.8. The lowest BCUT2D eigenvalue weighted by molar-refractivity contribution is -0.110. The zero-order valence-corrected chi connectivity index (χ0v) is 18.0. The average molecular weight is 458 g/mol. The molecule has 1 aromatic heterocycles. The summed E-state index contributed by atoms with van der Waals surface area (Å²) in [7, 11) is 1.17. The van der Waals surface area contributed by atoms with Crippen molar-refractivity contribution in [2.24, 2.45) is 0 Å². The number of ether oxygens (including phenoxy) is 1. The molecule has 0 aliphatic heterocycles. The third-order valence-electron chi connectivity index (χ3n) is 4.67. The lowest BCUT2D eigenvalue weighted by Crippen LogP contribution is -2.24. The van der Waals surface area contributed by atoms with Crippen molar-refractivity contribution in [1.29, 1.82) is 10.7 Å². The van der Waals surface area contributed by atoms with E-state index < -0.39 is 23.5 Å². The zero-order chi connectivity index (χ0) is 24.8. The summed E-state index contributed by atoms with van der Waals surface area (Å²) >= 11 is 0. The van der Waals surface area contributed by atoms with E-state index in [0.717, 1.165) is 6.07 Å². The van der Waals surface area contributed by atoms with Crippen molar-refractivity contribution in [3.8, 4) is 23.1 Å². The fourth-order valence-corrected chi connectivity index (χ4v) is 3.02. The number of carbonyl (C=O) groups excluding carboxylic acids is 3. The number of rotatable bonds is 6. The van der Waals surface area contributed by atoms with Crippen LogP contribution in [-0.4, -0.2) is 45.7 Å². The largest absolute Gasteiger partial charge is 0.507 e. The molecule has 3 aromatic rings. The Morgan fingerprint density at radius 3 is 2.47 bits per heavy atom. The Kier molecular flexibility index (Phi) is 6.93. The highest BCUT2D eigenvalue weighted by atomic mass is 16.5. The first-order chi connectivity index (χ1) is 16.2. The van der Waals surface area contributed by atoms with Gasteiger partial charge in [-0.15, -0.1) is 0 Å². The number of nitrogens with zero attached hydrogens (tertiary/aromatic N) is 3. The first kappa shape index (κ1) is 23.6. The molecular formula is C23H18N6O5. The molecule has 0 aliphatic carbocycles. The Labute approximate surface area is 193 Å². The first-order valence-electron chi connectivity index (χ1n) is 9.68. The molecule has 0 unspecified atom stereocenters. The van der Waals surface area contributed by atoms with Crippen LogP contribution in [-0.2, 0) is 9.53 Å². The van der Waals surface area contributed by atoms with Crippen LogP contribution >= 0.6 is 0 Å². The molecule has 34 heavy (non-hydrogen) atoms. The lowest BCUT2D eigenvalue weighted by Gasteiger charge is -2.15. The molecule has 11 heteroatoms. The maximum absolute atomic E-state index is 12.8. The van der Waals surface area contributed by atoms with Crippen molar-refractivity contribution in [1.82, 2.24) is 9.97 Å². The summed E-state index contributed by atoms with van der Waals surface area (Å²) in [6.07, 6.45) is 3.45. The van der Waals surface area contributed by atoms with Crippen LogP contribution in [0.3, 0.4) is 0 Å². The summed E-state index contributed by atoms with van der Waals surface area (Å²) in [5.41, 5.74) is 0.353. The van der Waals surface area contributed by atoms with Gasteiger partial charge in [0.25, 0.3) is 5.91 Å². The predicted octanol–water partition coefficient (Wildman–Crippen LogP) is 3.11.